The minimum atomic E-state index is -0.298. The zero-order chi connectivity index (χ0) is 8.85. The Kier molecular flexibility index (Phi) is 8.69. The molecule has 0 atom stereocenters. The van der Waals surface area contributed by atoms with Crippen LogP contribution in [0.4, 0.5) is 0 Å². The Morgan fingerprint density at radius 3 is 2.42 bits per heavy atom. The summed E-state index contributed by atoms with van der Waals surface area (Å²) in [6, 6.07) is 0. The highest BCUT2D eigenvalue weighted by atomic mass is 35.5. The van der Waals surface area contributed by atoms with Crippen molar-refractivity contribution in [1.82, 2.24) is 5.01 Å². The lowest BCUT2D eigenvalue weighted by Crippen LogP contribution is -2.39. The van der Waals surface area contributed by atoms with Crippen LogP contribution in [0, 0.1) is 5.92 Å². The minimum Gasteiger partial charge on any atom is -0.468 e. The van der Waals surface area contributed by atoms with Crippen LogP contribution in [0.1, 0.15) is 13.8 Å². The first kappa shape index (κ1) is 14.2. The molecule has 0 amide bonds. The van der Waals surface area contributed by atoms with Crippen LogP contribution < -0.4 is 5.84 Å². The van der Waals surface area contributed by atoms with E-state index < -0.39 is 0 Å². The molecule has 0 saturated carbocycles. The van der Waals surface area contributed by atoms with E-state index in [4.69, 9.17) is 5.84 Å². The maximum absolute atomic E-state index is 10.7. The highest BCUT2D eigenvalue weighted by Crippen LogP contribution is 1.93. The normalized spacial score (nSPS) is 9.83. The summed E-state index contributed by atoms with van der Waals surface area (Å²) in [5, 5.41) is 1.45. The molecule has 0 radical (unpaired) electrons. The van der Waals surface area contributed by atoms with Crippen molar-refractivity contribution >= 4 is 18.4 Å². The molecule has 0 bridgehead atoms. The molecule has 74 valence electrons. The van der Waals surface area contributed by atoms with Crippen molar-refractivity contribution < 1.29 is 9.53 Å². The molecular weight excluding hydrogens is 180 g/mol. The highest BCUT2D eigenvalue weighted by molar-refractivity contribution is 5.85. The van der Waals surface area contributed by atoms with Gasteiger partial charge in [-0.1, -0.05) is 13.8 Å². The average molecular weight is 197 g/mol. The predicted octanol–water partition coefficient (Wildman–Crippen LogP) is 0.413. The van der Waals surface area contributed by atoms with Crippen LogP contribution in [0.15, 0.2) is 0 Å². The summed E-state index contributed by atoms with van der Waals surface area (Å²) in [6.45, 7) is 4.94. The number of ether oxygens (including phenoxy) is 1. The van der Waals surface area contributed by atoms with Gasteiger partial charge in [0.25, 0.3) is 0 Å². The molecule has 4 nitrogen and oxygen atoms in total. The molecule has 0 spiro atoms. The molecule has 0 aliphatic heterocycles. The number of hydrazine groups is 1. The van der Waals surface area contributed by atoms with Gasteiger partial charge in [0.05, 0.1) is 7.11 Å². The van der Waals surface area contributed by atoms with E-state index in [1.807, 2.05) is 13.8 Å². The maximum Gasteiger partial charge on any atom is 0.321 e. The van der Waals surface area contributed by atoms with Gasteiger partial charge < -0.3 is 4.74 Å². The Bertz CT molecular complexity index is 131. The molecule has 0 aromatic rings. The van der Waals surface area contributed by atoms with Crippen molar-refractivity contribution in [3.05, 3.63) is 0 Å². The van der Waals surface area contributed by atoms with E-state index in [0.717, 1.165) is 0 Å². The summed E-state index contributed by atoms with van der Waals surface area (Å²) < 4.78 is 4.44. The molecule has 5 heteroatoms. The van der Waals surface area contributed by atoms with Gasteiger partial charge in [0, 0.05) is 6.54 Å². The summed E-state index contributed by atoms with van der Waals surface area (Å²) >= 11 is 0. The van der Waals surface area contributed by atoms with Crippen molar-refractivity contribution in [1.29, 1.82) is 0 Å². The third kappa shape index (κ3) is 7.78. The van der Waals surface area contributed by atoms with Gasteiger partial charge in [-0.3, -0.25) is 10.6 Å². The second-order valence-electron chi connectivity index (χ2n) is 2.90. The zero-order valence-electron chi connectivity index (χ0n) is 7.74. The predicted molar refractivity (Wildman–Crippen MR) is 49.9 cm³/mol. The Labute approximate surface area is 79.4 Å². The van der Waals surface area contributed by atoms with Crippen molar-refractivity contribution in [2.24, 2.45) is 11.8 Å². The van der Waals surface area contributed by atoms with Gasteiger partial charge >= 0.3 is 5.97 Å². The number of carbonyl (C=O) groups is 1. The van der Waals surface area contributed by atoms with Crippen LogP contribution in [0.2, 0.25) is 0 Å². The number of halogens is 1. The molecule has 0 fully saturated rings. The monoisotopic (exact) mass is 196 g/mol. The van der Waals surface area contributed by atoms with Gasteiger partial charge in [0.2, 0.25) is 0 Å². The van der Waals surface area contributed by atoms with Crippen molar-refractivity contribution in [2.75, 3.05) is 20.2 Å². The smallest absolute Gasteiger partial charge is 0.321 e. The lowest BCUT2D eigenvalue weighted by atomic mass is 10.2. The lowest BCUT2D eigenvalue weighted by molar-refractivity contribution is -0.142. The van der Waals surface area contributed by atoms with E-state index in [1.165, 1.54) is 12.1 Å². The fraction of sp³-hybridized carbons (Fsp3) is 0.857. The Morgan fingerprint density at radius 2 is 2.08 bits per heavy atom. The number of hydrogen-bond acceptors (Lipinski definition) is 4. The largest absolute Gasteiger partial charge is 0.468 e. The molecule has 0 aromatic heterocycles. The van der Waals surface area contributed by atoms with E-state index in [2.05, 4.69) is 4.74 Å². The molecule has 0 aromatic carbocycles. The molecule has 0 aliphatic rings. The van der Waals surface area contributed by atoms with Crippen molar-refractivity contribution in [3.63, 3.8) is 0 Å². The first-order chi connectivity index (χ1) is 5.06. The number of nitrogens with two attached hydrogens (primary N) is 1. The van der Waals surface area contributed by atoms with Gasteiger partial charge in [-0.2, -0.15) is 0 Å². The SMILES string of the molecule is COC(=O)CN(N)CC(C)C.Cl. The van der Waals surface area contributed by atoms with Crippen molar-refractivity contribution in [3.8, 4) is 0 Å². The number of hydrogen-bond donors (Lipinski definition) is 1. The first-order valence-corrected chi connectivity index (χ1v) is 3.62. The highest BCUT2D eigenvalue weighted by Gasteiger charge is 2.07. The molecule has 0 rings (SSSR count). The summed E-state index contributed by atoms with van der Waals surface area (Å²) in [5.41, 5.74) is 0. The summed E-state index contributed by atoms with van der Waals surface area (Å²) in [4.78, 5) is 10.7. The first-order valence-electron chi connectivity index (χ1n) is 3.62. The quantitative estimate of drug-likeness (QED) is 0.402. The standard InChI is InChI=1S/C7H16N2O2.ClH/c1-6(2)4-9(8)5-7(10)11-3;/h6H,4-5,8H2,1-3H3;1H. The fourth-order valence-electron chi connectivity index (χ4n) is 0.764. The second-order valence-corrected chi connectivity index (χ2v) is 2.90. The molecule has 0 aliphatic carbocycles. The molecule has 0 heterocycles. The van der Waals surface area contributed by atoms with Gasteiger partial charge in [-0.05, 0) is 5.92 Å². The summed E-state index contributed by atoms with van der Waals surface area (Å²) in [5.74, 6) is 5.65. The van der Waals surface area contributed by atoms with Crippen molar-refractivity contribution in [2.45, 2.75) is 13.8 Å². The zero-order valence-corrected chi connectivity index (χ0v) is 8.56. The van der Waals surface area contributed by atoms with E-state index in [1.54, 1.807) is 0 Å². The van der Waals surface area contributed by atoms with E-state index in [0.29, 0.717) is 12.5 Å². The van der Waals surface area contributed by atoms with E-state index >= 15 is 0 Å². The average Bonchev–Trinajstić information content (AvgIpc) is 1.85. The van der Waals surface area contributed by atoms with Crippen LogP contribution >= 0.6 is 12.4 Å². The number of rotatable bonds is 4. The van der Waals surface area contributed by atoms with Crippen LogP contribution in [-0.2, 0) is 9.53 Å². The number of methoxy groups -OCH3 is 1. The van der Waals surface area contributed by atoms with E-state index in [-0.39, 0.29) is 24.9 Å². The number of nitrogens with zero attached hydrogens (tertiary/aromatic N) is 1. The van der Waals surface area contributed by atoms with Gasteiger partial charge in [0.15, 0.2) is 0 Å². The van der Waals surface area contributed by atoms with Crippen LogP contribution in [0.3, 0.4) is 0 Å². The van der Waals surface area contributed by atoms with Crippen LogP contribution in [0.5, 0.6) is 0 Å². The third-order valence-corrected chi connectivity index (χ3v) is 1.16. The fourth-order valence-corrected chi connectivity index (χ4v) is 0.764. The molecular formula is C7H17ClN2O2. The lowest BCUT2D eigenvalue weighted by Gasteiger charge is -2.16. The Morgan fingerprint density at radius 1 is 1.58 bits per heavy atom. The number of carbonyl (C=O) groups excluding carboxylic acids is 1. The molecule has 0 saturated heterocycles. The summed E-state index contributed by atoms with van der Waals surface area (Å²) in [7, 11) is 1.35. The minimum absolute atomic E-state index is 0. The summed E-state index contributed by atoms with van der Waals surface area (Å²) in [6.07, 6.45) is 0. The topological polar surface area (TPSA) is 55.6 Å². The van der Waals surface area contributed by atoms with Crippen LogP contribution in [-0.4, -0.2) is 31.2 Å². The molecule has 12 heavy (non-hydrogen) atoms. The van der Waals surface area contributed by atoms with E-state index in [9.17, 15) is 4.79 Å². The van der Waals surface area contributed by atoms with Gasteiger partial charge in [0.1, 0.15) is 6.54 Å². The third-order valence-electron chi connectivity index (χ3n) is 1.16. The Balaban J connectivity index is 0. The van der Waals surface area contributed by atoms with Gasteiger partial charge in [-0.15, -0.1) is 12.4 Å². The van der Waals surface area contributed by atoms with Crippen LogP contribution in [0.25, 0.3) is 0 Å². The second kappa shape index (κ2) is 7.34. The number of esters is 1. The van der Waals surface area contributed by atoms with Gasteiger partial charge in [-0.25, -0.2) is 5.01 Å². The Hall–Kier alpha value is -0.320. The maximum atomic E-state index is 10.7. The molecule has 2 N–H and O–H groups in total. The molecule has 0 unspecified atom stereocenters.